The van der Waals surface area contributed by atoms with Gasteiger partial charge < -0.3 is 0 Å². The Hall–Kier alpha value is -1.81. The molecule has 0 radical (unpaired) electrons. The number of rotatable bonds is 2. The van der Waals surface area contributed by atoms with Crippen LogP contribution in [-0.4, -0.2) is 12.4 Å². The molecule has 98 valence electrons. The van der Waals surface area contributed by atoms with Crippen molar-refractivity contribution in [2.75, 3.05) is 0 Å². The highest BCUT2D eigenvalue weighted by atomic mass is 32.2. The second-order valence-electron chi connectivity index (χ2n) is 4.83. The first-order valence-electron chi connectivity index (χ1n) is 6.24. The molecule has 3 nitrogen and oxygen atoms in total. The van der Waals surface area contributed by atoms with Crippen LogP contribution in [-0.2, 0) is 22.9 Å². The molecule has 0 aliphatic heterocycles. The number of allylic oxidation sites excluding steroid dienone is 2. The minimum absolute atomic E-state index is 0.334. The molecule has 19 heavy (non-hydrogen) atoms. The Morgan fingerprint density at radius 2 is 1.84 bits per heavy atom. The monoisotopic (exact) mass is 273 g/mol. The predicted molar refractivity (Wildman–Crippen MR) is 74.6 cm³/mol. The summed E-state index contributed by atoms with van der Waals surface area (Å²) < 4.78 is 26.7. The van der Waals surface area contributed by atoms with E-state index in [4.69, 9.17) is 0 Å². The summed E-state index contributed by atoms with van der Waals surface area (Å²) in [5.74, 6) is 0. The molecule has 0 fully saturated rings. The van der Waals surface area contributed by atoms with Crippen LogP contribution in [0.2, 0.25) is 0 Å². The third kappa shape index (κ3) is 2.02. The van der Waals surface area contributed by atoms with E-state index in [-0.39, 0.29) is 0 Å². The lowest BCUT2D eigenvalue weighted by molar-refractivity contribution is 0.585. The van der Waals surface area contributed by atoms with Crippen LogP contribution in [0.15, 0.2) is 59.1 Å². The van der Waals surface area contributed by atoms with Gasteiger partial charge >= 0.3 is 0 Å². The molecule has 0 amide bonds. The standard InChI is InChI=1S/C15H15NO2S/c1-12-7-8-13-9-10-16(15(13)11-12)19(17,18)14-5-3-2-4-6-14/h2-7,9-10H,8,11H2,1H3. The first-order valence-corrected chi connectivity index (χ1v) is 7.68. The van der Waals surface area contributed by atoms with Crippen LogP contribution in [0.4, 0.5) is 0 Å². The van der Waals surface area contributed by atoms with Crippen molar-refractivity contribution in [3.05, 3.63) is 65.5 Å². The second-order valence-corrected chi connectivity index (χ2v) is 6.65. The molecule has 2 aromatic rings. The lowest BCUT2D eigenvalue weighted by atomic mass is 9.99. The Balaban J connectivity index is 2.13. The van der Waals surface area contributed by atoms with Gasteiger partial charge in [-0.1, -0.05) is 29.8 Å². The number of fused-ring (bicyclic) bond motifs is 1. The Morgan fingerprint density at radius 1 is 1.11 bits per heavy atom. The van der Waals surface area contributed by atoms with Gasteiger partial charge in [0, 0.05) is 18.3 Å². The lowest BCUT2D eigenvalue weighted by Gasteiger charge is -2.15. The van der Waals surface area contributed by atoms with Crippen molar-refractivity contribution in [3.8, 4) is 0 Å². The molecular weight excluding hydrogens is 258 g/mol. The van der Waals surface area contributed by atoms with Crippen LogP contribution in [0.5, 0.6) is 0 Å². The maximum Gasteiger partial charge on any atom is 0.267 e. The molecule has 1 aromatic carbocycles. The molecule has 0 N–H and O–H groups in total. The fourth-order valence-electron chi connectivity index (χ4n) is 2.41. The summed E-state index contributed by atoms with van der Waals surface area (Å²) in [5.41, 5.74) is 3.21. The van der Waals surface area contributed by atoms with Crippen LogP contribution in [0.25, 0.3) is 0 Å². The van der Waals surface area contributed by atoms with Gasteiger partial charge in [-0.25, -0.2) is 12.4 Å². The SMILES string of the molecule is CC1=CCc2ccn(S(=O)(=O)c3ccccc3)c2C1. The number of nitrogens with zero attached hydrogens (tertiary/aromatic N) is 1. The van der Waals surface area contributed by atoms with Crippen molar-refractivity contribution in [1.29, 1.82) is 0 Å². The van der Waals surface area contributed by atoms with Crippen molar-refractivity contribution in [2.45, 2.75) is 24.7 Å². The van der Waals surface area contributed by atoms with E-state index in [9.17, 15) is 8.42 Å². The third-order valence-electron chi connectivity index (χ3n) is 3.46. The molecule has 4 heteroatoms. The van der Waals surface area contributed by atoms with E-state index in [0.717, 1.165) is 17.7 Å². The molecule has 0 saturated carbocycles. The summed E-state index contributed by atoms with van der Waals surface area (Å²) in [6.07, 6.45) is 5.34. The zero-order valence-corrected chi connectivity index (χ0v) is 11.5. The zero-order valence-electron chi connectivity index (χ0n) is 10.7. The normalized spacial score (nSPS) is 14.9. The quantitative estimate of drug-likeness (QED) is 0.789. The molecule has 0 saturated heterocycles. The minimum Gasteiger partial charge on any atom is -0.245 e. The number of aromatic nitrogens is 1. The maximum atomic E-state index is 12.6. The van der Waals surface area contributed by atoms with Crippen molar-refractivity contribution in [1.82, 2.24) is 3.97 Å². The van der Waals surface area contributed by atoms with Crippen LogP contribution in [0.1, 0.15) is 18.2 Å². The molecule has 0 bridgehead atoms. The highest BCUT2D eigenvalue weighted by Crippen LogP contribution is 2.25. The van der Waals surface area contributed by atoms with Crippen molar-refractivity contribution in [3.63, 3.8) is 0 Å². The van der Waals surface area contributed by atoms with E-state index in [1.807, 2.05) is 19.1 Å². The van der Waals surface area contributed by atoms with E-state index in [2.05, 4.69) is 6.08 Å². The average Bonchev–Trinajstić information content (AvgIpc) is 2.83. The molecule has 0 unspecified atom stereocenters. The lowest BCUT2D eigenvalue weighted by Crippen LogP contribution is -2.16. The van der Waals surface area contributed by atoms with Gasteiger partial charge in [-0.3, -0.25) is 0 Å². The van der Waals surface area contributed by atoms with Crippen molar-refractivity contribution >= 4 is 10.0 Å². The Kier molecular flexibility index (Phi) is 2.82. The Morgan fingerprint density at radius 3 is 2.58 bits per heavy atom. The maximum absolute atomic E-state index is 12.6. The molecule has 1 aliphatic carbocycles. The highest BCUT2D eigenvalue weighted by molar-refractivity contribution is 7.90. The van der Waals surface area contributed by atoms with E-state index >= 15 is 0 Å². The fourth-order valence-corrected chi connectivity index (χ4v) is 3.84. The Labute approximate surface area is 113 Å². The fraction of sp³-hybridized carbons (Fsp3) is 0.200. The zero-order chi connectivity index (χ0) is 13.5. The number of hydrogen-bond donors (Lipinski definition) is 0. The van der Waals surface area contributed by atoms with Crippen LogP contribution >= 0.6 is 0 Å². The van der Waals surface area contributed by atoms with Crippen molar-refractivity contribution < 1.29 is 8.42 Å². The van der Waals surface area contributed by atoms with Crippen LogP contribution < -0.4 is 0 Å². The average molecular weight is 273 g/mol. The summed E-state index contributed by atoms with van der Waals surface area (Å²) >= 11 is 0. The summed E-state index contributed by atoms with van der Waals surface area (Å²) in [5, 5.41) is 0. The number of benzene rings is 1. The first-order chi connectivity index (χ1) is 9.09. The van der Waals surface area contributed by atoms with Gasteiger partial charge in [-0.2, -0.15) is 0 Å². The summed E-state index contributed by atoms with van der Waals surface area (Å²) in [7, 11) is -3.47. The molecule has 1 aliphatic rings. The predicted octanol–water partition coefficient (Wildman–Crippen LogP) is 2.77. The third-order valence-corrected chi connectivity index (χ3v) is 5.19. The van der Waals surface area contributed by atoms with Gasteiger partial charge in [0.2, 0.25) is 0 Å². The molecule has 0 spiro atoms. The molecule has 3 rings (SSSR count). The van der Waals surface area contributed by atoms with Crippen LogP contribution in [0, 0.1) is 0 Å². The summed E-state index contributed by atoms with van der Waals surface area (Å²) in [6.45, 7) is 2.04. The molecule has 1 heterocycles. The summed E-state index contributed by atoms with van der Waals surface area (Å²) in [4.78, 5) is 0.334. The minimum atomic E-state index is -3.47. The van der Waals surface area contributed by atoms with E-state index in [1.54, 1.807) is 30.5 Å². The molecule has 0 atom stereocenters. The van der Waals surface area contributed by atoms with E-state index in [0.29, 0.717) is 11.3 Å². The van der Waals surface area contributed by atoms with Gasteiger partial charge in [0.05, 0.1) is 4.90 Å². The largest absolute Gasteiger partial charge is 0.267 e. The molecular formula is C15H15NO2S. The van der Waals surface area contributed by atoms with Gasteiger partial charge in [0.25, 0.3) is 10.0 Å². The highest BCUT2D eigenvalue weighted by Gasteiger charge is 2.22. The van der Waals surface area contributed by atoms with Gasteiger partial charge in [-0.15, -0.1) is 0 Å². The Bertz CT molecular complexity index is 740. The second kappa shape index (κ2) is 4.38. The van der Waals surface area contributed by atoms with Gasteiger partial charge in [0.1, 0.15) is 0 Å². The van der Waals surface area contributed by atoms with Gasteiger partial charge in [0.15, 0.2) is 0 Å². The smallest absolute Gasteiger partial charge is 0.245 e. The van der Waals surface area contributed by atoms with E-state index < -0.39 is 10.0 Å². The number of hydrogen-bond acceptors (Lipinski definition) is 2. The first kappa shape index (κ1) is 12.2. The molecule has 1 aromatic heterocycles. The topological polar surface area (TPSA) is 39.1 Å². The van der Waals surface area contributed by atoms with E-state index in [1.165, 1.54) is 9.55 Å². The van der Waals surface area contributed by atoms with Crippen LogP contribution in [0.3, 0.4) is 0 Å². The van der Waals surface area contributed by atoms with Gasteiger partial charge in [-0.05, 0) is 37.1 Å². The summed E-state index contributed by atoms with van der Waals surface area (Å²) in [6, 6.07) is 10.5. The van der Waals surface area contributed by atoms with Crippen molar-refractivity contribution in [2.24, 2.45) is 0 Å².